The average Bonchev–Trinajstić information content (AvgIpc) is 3.17. The zero-order valence-corrected chi connectivity index (χ0v) is 34.1. The molecule has 0 saturated carbocycles. The molecule has 65 heavy (non-hydrogen) atoms. The number of carboxylic acid groups (broad SMARTS) is 1. The van der Waals surface area contributed by atoms with Crippen LogP contribution in [0.5, 0.6) is 0 Å². The molecule has 15 amide bonds. The van der Waals surface area contributed by atoms with Gasteiger partial charge in [0.25, 0.3) is 0 Å². The standard InChI is InChI=1S/C32H50N16O17/c33-11(1-17(34)49)27(59)46-12(2-18(35)50)28(60)42-7-23(55)40-9-25(57)44-14(4-20(37)52)30(62)47-13(3-19(36)51)29(61)43-8-24(56)41-10-26(58)45-15(5-21(38)53)31(63)48-16(32(64)65)6-22(39)54/h11-16H,1-10,33H2,(H2,34,49)(H2,35,50)(H2,36,51)(H2,37,52)(H2,38,53)(H2,39,54)(H,40,55)(H,41,56)(H,42,60)(H,43,61)(H,44,57)(H,45,58)(H,46,59)(H,47,62)(H,48,63)(H,64,65)/t11-,12-,13-,14-,15-,16-/m0/s1. The van der Waals surface area contributed by atoms with Crippen LogP contribution in [-0.4, -0.2) is 162 Å². The van der Waals surface area contributed by atoms with Crippen LogP contribution in [0.4, 0.5) is 0 Å². The van der Waals surface area contributed by atoms with E-state index >= 15 is 0 Å². The molecule has 0 fully saturated rings. The molecule has 0 radical (unpaired) electrons. The molecule has 0 unspecified atom stereocenters. The molecule has 0 spiro atoms. The molecule has 6 atom stereocenters. The van der Waals surface area contributed by atoms with Gasteiger partial charge in [0.2, 0.25) is 88.6 Å². The molecule has 0 aromatic carbocycles. The quantitative estimate of drug-likeness (QED) is 0.0307. The van der Waals surface area contributed by atoms with E-state index in [1.807, 2.05) is 37.2 Å². The van der Waals surface area contributed by atoms with Crippen LogP contribution < -0.4 is 88.0 Å². The fourth-order valence-electron chi connectivity index (χ4n) is 4.73. The van der Waals surface area contributed by atoms with Crippen molar-refractivity contribution in [1.82, 2.24) is 47.9 Å². The Balaban J connectivity index is 5.43. The van der Waals surface area contributed by atoms with Gasteiger partial charge >= 0.3 is 5.97 Å². The van der Waals surface area contributed by atoms with E-state index in [1.165, 1.54) is 0 Å². The molecule has 0 bridgehead atoms. The molecule has 0 heterocycles. The Bertz CT molecular complexity index is 1910. The van der Waals surface area contributed by atoms with E-state index in [-0.39, 0.29) is 0 Å². The maximum Gasteiger partial charge on any atom is 0.326 e. The van der Waals surface area contributed by atoms with Crippen molar-refractivity contribution in [2.45, 2.75) is 74.8 Å². The summed E-state index contributed by atoms with van der Waals surface area (Å²) in [4.78, 5) is 193. The summed E-state index contributed by atoms with van der Waals surface area (Å²) in [5.41, 5.74) is 35.9. The lowest BCUT2D eigenvalue weighted by Crippen LogP contribution is -2.57. The largest absolute Gasteiger partial charge is 0.480 e. The second-order valence-corrected chi connectivity index (χ2v) is 13.4. The third-order valence-corrected chi connectivity index (χ3v) is 7.71. The first kappa shape index (κ1) is 56.5. The van der Waals surface area contributed by atoms with Crippen LogP contribution in [0, 0.1) is 0 Å². The van der Waals surface area contributed by atoms with Crippen molar-refractivity contribution in [2.75, 3.05) is 26.2 Å². The van der Waals surface area contributed by atoms with Gasteiger partial charge in [-0.1, -0.05) is 0 Å². The lowest BCUT2D eigenvalue weighted by atomic mass is 10.1. The van der Waals surface area contributed by atoms with Crippen LogP contribution in [-0.2, 0) is 76.7 Å². The smallest absolute Gasteiger partial charge is 0.326 e. The zero-order chi connectivity index (χ0) is 50.1. The van der Waals surface area contributed by atoms with Crippen molar-refractivity contribution in [3.63, 3.8) is 0 Å². The Labute approximate surface area is 365 Å². The summed E-state index contributed by atoms with van der Waals surface area (Å²) in [5.74, 6) is -18.7. The van der Waals surface area contributed by atoms with Crippen LogP contribution in [0.15, 0.2) is 0 Å². The molecular weight excluding hydrogens is 880 g/mol. The molecule has 0 aliphatic heterocycles. The van der Waals surface area contributed by atoms with Gasteiger partial charge in [-0.2, -0.15) is 0 Å². The maximum absolute atomic E-state index is 13.1. The van der Waals surface area contributed by atoms with E-state index in [2.05, 4.69) is 10.6 Å². The fourth-order valence-corrected chi connectivity index (χ4v) is 4.73. The van der Waals surface area contributed by atoms with Crippen LogP contribution in [0.1, 0.15) is 38.5 Å². The SMILES string of the molecule is NC(=O)C[C@H](NC(=O)[C@H](CC(N)=O)NC(=O)CNC(=O)CNC(=O)[C@H](CC(N)=O)NC(=O)[C@H](CC(N)=O)NC(=O)CNC(=O)CNC(=O)[C@H](CC(N)=O)NC(=O)[C@@H](N)CC(N)=O)C(=O)O. The van der Waals surface area contributed by atoms with Gasteiger partial charge in [0, 0.05) is 0 Å². The van der Waals surface area contributed by atoms with Gasteiger partial charge in [-0.3, -0.25) is 71.9 Å². The second kappa shape index (κ2) is 28.2. The number of hydrogen-bond acceptors (Lipinski definition) is 17. The Morgan fingerprint density at radius 2 is 0.585 bits per heavy atom. The van der Waals surface area contributed by atoms with Gasteiger partial charge in [-0.15, -0.1) is 0 Å². The van der Waals surface area contributed by atoms with E-state index < -0.39 is 196 Å². The number of carbonyl (C=O) groups excluding carboxylic acids is 15. The lowest BCUT2D eigenvalue weighted by Gasteiger charge is -2.22. The van der Waals surface area contributed by atoms with E-state index in [4.69, 9.17) is 40.1 Å². The van der Waals surface area contributed by atoms with Gasteiger partial charge in [-0.05, 0) is 0 Å². The average molecular weight is 931 g/mol. The Morgan fingerprint density at radius 1 is 0.323 bits per heavy atom. The van der Waals surface area contributed by atoms with Crippen molar-refractivity contribution in [3.8, 4) is 0 Å². The van der Waals surface area contributed by atoms with Crippen LogP contribution in [0.3, 0.4) is 0 Å². The molecule has 0 aliphatic carbocycles. The van der Waals surface area contributed by atoms with Crippen LogP contribution in [0.2, 0.25) is 0 Å². The van der Waals surface area contributed by atoms with Crippen LogP contribution in [0.25, 0.3) is 0 Å². The number of carbonyl (C=O) groups is 16. The minimum atomic E-state index is -1.87. The molecule has 24 N–H and O–H groups in total. The highest BCUT2D eigenvalue weighted by molar-refractivity contribution is 6.00. The summed E-state index contributed by atoms with van der Waals surface area (Å²) in [5, 5.41) is 27.3. The van der Waals surface area contributed by atoms with E-state index in [0.717, 1.165) is 0 Å². The molecule has 33 heteroatoms. The lowest BCUT2D eigenvalue weighted by molar-refractivity contribution is -0.144. The molecule has 33 nitrogen and oxygen atoms in total. The molecule has 0 saturated heterocycles. The Kier molecular flexibility index (Phi) is 24.5. The van der Waals surface area contributed by atoms with Crippen molar-refractivity contribution in [1.29, 1.82) is 0 Å². The molecule has 0 aliphatic rings. The topological polar surface area (TPSA) is 584 Å². The van der Waals surface area contributed by atoms with Gasteiger partial charge in [0.1, 0.15) is 30.2 Å². The summed E-state index contributed by atoms with van der Waals surface area (Å²) < 4.78 is 0. The van der Waals surface area contributed by atoms with Crippen LogP contribution >= 0.6 is 0 Å². The normalized spacial score (nSPS) is 13.1. The van der Waals surface area contributed by atoms with Gasteiger partial charge in [0.05, 0.1) is 70.7 Å². The molecule has 0 rings (SSSR count). The van der Waals surface area contributed by atoms with Crippen molar-refractivity contribution in [2.24, 2.45) is 40.1 Å². The summed E-state index contributed by atoms with van der Waals surface area (Å²) in [6.07, 6.45) is -4.91. The maximum atomic E-state index is 13.1. The first-order chi connectivity index (χ1) is 30.1. The number of aliphatic carboxylic acids is 1. The number of primary amides is 6. The Hall–Kier alpha value is -8.52. The molecular formula is C32H50N16O17. The predicted molar refractivity (Wildman–Crippen MR) is 210 cm³/mol. The van der Waals surface area contributed by atoms with Gasteiger partial charge in [-0.25, -0.2) is 4.79 Å². The monoisotopic (exact) mass is 930 g/mol. The highest BCUT2D eigenvalue weighted by atomic mass is 16.4. The second-order valence-electron chi connectivity index (χ2n) is 13.4. The van der Waals surface area contributed by atoms with Crippen molar-refractivity contribution >= 4 is 94.6 Å². The first-order valence-corrected chi connectivity index (χ1v) is 18.4. The number of nitrogens with one attached hydrogen (secondary N) is 9. The van der Waals surface area contributed by atoms with Gasteiger partial charge < -0.3 is 93.1 Å². The minimum absolute atomic E-state index is 0.610. The predicted octanol–water partition coefficient (Wildman–Crippen LogP) is -13.5. The zero-order valence-electron chi connectivity index (χ0n) is 34.1. The molecule has 360 valence electrons. The number of hydrogen-bond donors (Lipinski definition) is 17. The highest BCUT2D eigenvalue weighted by Gasteiger charge is 2.32. The third kappa shape index (κ3) is 25.1. The first-order valence-electron chi connectivity index (χ1n) is 18.4. The summed E-state index contributed by atoms with van der Waals surface area (Å²) in [6, 6.07) is -10.5. The number of carboxylic acids is 1. The third-order valence-electron chi connectivity index (χ3n) is 7.71. The van der Waals surface area contributed by atoms with Crippen molar-refractivity contribution in [3.05, 3.63) is 0 Å². The van der Waals surface area contributed by atoms with E-state index in [0.29, 0.717) is 0 Å². The fraction of sp³-hybridized carbons (Fsp3) is 0.500. The molecule has 0 aromatic heterocycles. The van der Waals surface area contributed by atoms with Gasteiger partial charge in [0.15, 0.2) is 0 Å². The van der Waals surface area contributed by atoms with E-state index in [1.54, 1.807) is 0 Å². The number of amides is 15. The number of rotatable bonds is 31. The highest BCUT2D eigenvalue weighted by Crippen LogP contribution is 2.00. The van der Waals surface area contributed by atoms with Crippen molar-refractivity contribution < 1.29 is 81.8 Å². The number of nitrogens with two attached hydrogens (primary N) is 7. The molecule has 0 aromatic rings. The minimum Gasteiger partial charge on any atom is -0.480 e. The summed E-state index contributed by atoms with van der Waals surface area (Å²) in [7, 11) is 0. The summed E-state index contributed by atoms with van der Waals surface area (Å²) in [6.45, 7) is -3.64. The Morgan fingerprint density at radius 3 is 0.892 bits per heavy atom. The summed E-state index contributed by atoms with van der Waals surface area (Å²) >= 11 is 0. The van der Waals surface area contributed by atoms with E-state index in [9.17, 15) is 81.8 Å².